The summed E-state index contributed by atoms with van der Waals surface area (Å²) < 4.78 is 38.8. The van der Waals surface area contributed by atoms with E-state index in [1.807, 2.05) is 36.4 Å². The van der Waals surface area contributed by atoms with Gasteiger partial charge in [0.1, 0.15) is 0 Å². The van der Waals surface area contributed by atoms with Gasteiger partial charge in [-0.25, -0.2) is 0 Å². The summed E-state index contributed by atoms with van der Waals surface area (Å²) in [5.74, 6) is -0.0842. The molecule has 1 aliphatic rings. The van der Waals surface area contributed by atoms with Crippen molar-refractivity contribution in [3.05, 3.63) is 83.9 Å². The van der Waals surface area contributed by atoms with Gasteiger partial charge in [0.05, 0.1) is 5.56 Å². The molecule has 0 radical (unpaired) electrons. The second-order valence-corrected chi connectivity index (χ2v) is 7.50. The largest absolute Gasteiger partial charge is 0.416 e. The van der Waals surface area contributed by atoms with Crippen LogP contribution in [0.1, 0.15) is 22.3 Å². The molecule has 3 aromatic carbocycles. The molecule has 1 atom stereocenters. The van der Waals surface area contributed by atoms with Crippen molar-refractivity contribution < 1.29 is 18.0 Å². The molecule has 2 N–H and O–H groups in total. The van der Waals surface area contributed by atoms with Crippen molar-refractivity contribution in [3.8, 4) is 22.3 Å². The first-order valence-corrected chi connectivity index (χ1v) is 9.75. The number of hydrogen-bond acceptors (Lipinski definition) is 2. The number of hydrogen-bond donors (Lipinski definition) is 1. The van der Waals surface area contributed by atoms with Crippen LogP contribution < -0.4 is 5.73 Å². The zero-order chi connectivity index (χ0) is 21.3. The van der Waals surface area contributed by atoms with Crippen molar-refractivity contribution in [1.82, 2.24) is 4.90 Å². The molecule has 0 spiro atoms. The van der Waals surface area contributed by atoms with E-state index in [0.717, 1.165) is 35.2 Å². The minimum absolute atomic E-state index is 0.00559. The summed E-state index contributed by atoms with van der Waals surface area (Å²) in [6.07, 6.45) is -3.60. The maximum Gasteiger partial charge on any atom is 0.416 e. The highest BCUT2D eigenvalue weighted by atomic mass is 19.4. The van der Waals surface area contributed by atoms with Crippen LogP contribution in [-0.4, -0.2) is 29.9 Å². The monoisotopic (exact) mass is 410 g/mol. The topological polar surface area (TPSA) is 46.3 Å². The van der Waals surface area contributed by atoms with Crippen LogP contribution in [0.15, 0.2) is 72.8 Å². The van der Waals surface area contributed by atoms with Crippen molar-refractivity contribution in [3.63, 3.8) is 0 Å². The normalized spacial score (nSPS) is 16.7. The van der Waals surface area contributed by atoms with E-state index in [9.17, 15) is 18.0 Å². The zero-order valence-corrected chi connectivity index (χ0v) is 16.2. The molecule has 1 heterocycles. The third-order valence-corrected chi connectivity index (χ3v) is 5.39. The van der Waals surface area contributed by atoms with Gasteiger partial charge in [0.25, 0.3) is 5.91 Å². The highest BCUT2D eigenvalue weighted by molar-refractivity contribution is 5.98. The third-order valence-electron chi connectivity index (χ3n) is 5.39. The van der Waals surface area contributed by atoms with Gasteiger partial charge in [-0.05, 0) is 52.9 Å². The molecule has 0 unspecified atom stereocenters. The first-order valence-electron chi connectivity index (χ1n) is 9.75. The molecule has 1 saturated heterocycles. The first kappa shape index (κ1) is 20.2. The van der Waals surface area contributed by atoms with Crippen LogP contribution in [0.5, 0.6) is 0 Å². The molecule has 4 rings (SSSR count). The van der Waals surface area contributed by atoms with Gasteiger partial charge in [0.2, 0.25) is 0 Å². The summed E-state index contributed by atoms with van der Waals surface area (Å²) in [4.78, 5) is 14.7. The molecule has 0 aromatic heterocycles. The molecule has 30 heavy (non-hydrogen) atoms. The molecule has 154 valence electrons. The Balaban J connectivity index is 1.76. The zero-order valence-electron chi connectivity index (χ0n) is 16.2. The fraction of sp³-hybridized carbons (Fsp3) is 0.208. The van der Waals surface area contributed by atoms with E-state index in [1.165, 1.54) is 12.1 Å². The second-order valence-electron chi connectivity index (χ2n) is 7.50. The van der Waals surface area contributed by atoms with Crippen LogP contribution >= 0.6 is 0 Å². The number of carbonyl (C=O) groups excluding carboxylic acids is 1. The number of benzene rings is 3. The highest BCUT2D eigenvalue weighted by Gasteiger charge is 2.30. The molecule has 0 saturated carbocycles. The molecule has 0 bridgehead atoms. The Morgan fingerprint density at radius 1 is 0.900 bits per heavy atom. The maximum absolute atomic E-state index is 12.9. The van der Waals surface area contributed by atoms with Gasteiger partial charge in [0.15, 0.2) is 0 Å². The van der Waals surface area contributed by atoms with Crippen molar-refractivity contribution in [2.75, 3.05) is 13.1 Å². The minimum atomic E-state index is -4.38. The molecular weight excluding hydrogens is 389 g/mol. The van der Waals surface area contributed by atoms with Gasteiger partial charge in [-0.1, -0.05) is 48.5 Å². The fourth-order valence-electron chi connectivity index (χ4n) is 3.78. The average molecular weight is 410 g/mol. The van der Waals surface area contributed by atoms with E-state index >= 15 is 0 Å². The molecule has 1 amide bonds. The molecule has 1 fully saturated rings. The van der Waals surface area contributed by atoms with Crippen LogP contribution in [0.2, 0.25) is 0 Å². The van der Waals surface area contributed by atoms with Crippen LogP contribution in [0, 0.1) is 0 Å². The maximum atomic E-state index is 12.9. The summed E-state index contributed by atoms with van der Waals surface area (Å²) in [6.45, 7) is 1.15. The number of rotatable bonds is 3. The highest BCUT2D eigenvalue weighted by Crippen LogP contribution is 2.36. The third kappa shape index (κ3) is 4.09. The van der Waals surface area contributed by atoms with E-state index in [-0.39, 0.29) is 11.9 Å². The molecule has 1 aliphatic heterocycles. The van der Waals surface area contributed by atoms with Crippen molar-refractivity contribution in [2.24, 2.45) is 5.73 Å². The van der Waals surface area contributed by atoms with Gasteiger partial charge in [0, 0.05) is 24.7 Å². The van der Waals surface area contributed by atoms with Gasteiger partial charge < -0.3 is 10.6 Å². The van der Waals surface area contributed by atoms with E-state index < -0.39 is 11.7 Å². The molecule has 6 heteroatoms. The summed E-state index contributed by atoms with van der Waals surface area (Å²) >= 11 is 0. The van der Waals surface area contributed by atoms with Gasteiger partial charge in [-0.2, -0.15) is 13.2 Å². The smallest absolute Gasteiger partial charge is 0.337 e. The summed E-state index contributed by atoms with van der Waals surface area (Å²) in [7, 11) is 0. The SMILES string of the molecule is N[C@H]1CCN(C(=O)c2ccc(-c3ccc(C(F)(F)F)cc3)c(-c3ccccc3)c2)C1. The van der Waals surface area contributed by atoms with E-state index in [0.29, 0.717) is 24.2 Å². The van der Waals surface area contributed by atoms with Crippen LogP contribution in [-0.2, 0) is 6.18 Å². The quantitative estimate of drug-likeness (QED) is 0.644. The van der Waals surface area contributed by atoms with E-state index in [4.69, 9.17) is 5.73 Å². The van der Waals surface area contributed by atoms with Crippen LogP contribution in [0.4, 0.5) is 13.2 Å². The number of nitrogens with two attached hydrogens (primary N) is 1. The number of amides is 1. The van der Waals surface area contributed by atoms with Crippen molar-refractivity contribution >= 4 is 5.91 Å². The molecular formula is C24H21F3N2O. The number of alkyl halides is 3. The Labute approximate surface area is 172 Å². The predicted molar refractivity (Wildman–Crippen MR) is 111 cm³/mol. The number of nitrogens with zero attached hydrogens (tertiary/aromatic N) is 1. The lowest BCUT2D eigenvalue weighted by Gasteiger charge is -2.18. The van der Waals surface area contributed by atoms with Gasteiger partial charge in [-0.3, -0.25) is 4.79 Å². The van der Waals surface area contributed by atoms with Crippen molar-refractivity contribution in [1.29, 1.82) is 0 Å². The Bertz CT molecular complexity index is 1050. The Morgan fingerprint density at radius 3 is 2.17 bits per heavy atom. The number of halogens is 3. The average Bonchev–Trinajstić information content (AvgIpc) is 3.19. The summed E-state index contributed by atoms with van der Waals surface area (Å²) in [5.41, 5.74) is 8.89. The lowest BCUT2D eigenvalue weighted by molar-refractivity contribution is -0.137. The van der Waals surface area contributed by atoms with Crippen LogP contribution in [0.25, 0.3) is 22.3 Å². The van der Waals surface area contributed by atoms with Crippen LogP contribution in [0.3, 0.4) is 0 Å². The first-order chi connectivity index (χ1) is 14.3. The molecule has 0 aliphatic carbocycles. The Morgan fingerprint density at radius 2 is 1.57 bits per heavy atom. The number of likely N-dealkylation sites (tertiary alicyclic amines) is 1. The molecule has 3 nitrogen and oxygen atoms in total. The second kappa shape index (κ2) is 7.95. The Hall–Kier alpha value is -3.12. The number of carbonyl (C=O) groups is 1. The fourth-order valence-corrected chi connectivity index (χ4v) is 3.78. The summed E-state index contributed by atoms with van der Waals surface area (Å²) in [6, 6.07) is 19.9. The summed E-state index contributed by atoms with van der Waals surface area (Å²) in [5, 5.41) is 0. The molecule has 3 aromatic rings. The lowest BCUT2D eigenvalue weighted by Crippen LogP contribution is -2.31. The minimum Gasteiger partial charge on any atom is -0.337 e. The lowest BCUT2D eigenvalue weighted by atomic mass is 9.92. The van der Waals surface area contributed by atoms with E-state index in [2.05, 4.69) is 0 Å². The predicted octanol–water partition coefficient (Wildman–Crippen LogP) is 5.21. The van der Waals surface area contributed by atoms with Crippen molar-refractivity contribution in [2.45, 2.75) is 18.6 Å². The van der Waals surface area contributed by atoms with E-state index in [1.54, 1.807) is 17.0 Å². The Kier molecular flexibility index (Phi) is 5.35. The standard InChI is InChI=1S/C24H21F3N2O/c25-24(26,27)19-9-6-17(7-10-19)21-11-8-18(23(30)29-13-12-20(28)15-29)14-22(21)16-4-2-1-3-5-16/h1-11,14,20H,12-13,15,28H2/t20-/m0/s1. The van der Waals surface area contributed by atoms with Gasteiger partial charge in [-0.15, -0.1) is 0 Å². The van der Waals surface area contributed by atoms with Gasteiger partial charge >= 0.3 is 6.18 Å².